The van der Waals surface area contributed by atoms with Gasteiger partial charge in [0.05, 0.1) is 6.04 Å². The number of alkyl carbamates (subject to hydrolysis) is 1. The minimum atomic E-state index is -0.491. The molecule has 0 saturated carbocycles. The summed E-state index contributed by atoms with van der Waals surface area (Å²) in [4.78, 5) is 11.1. The number of amides is 1. The van der Waals surface area contributed by atoms with E-state index in [0.29, 0.717) is 6.42 Å². The van der Waals surface area contributed by atoms with E-state index in [4.69, 9.17) is 9.84 Å². The van der Waals surface area contributed by atoms with Crippen LogP contribution in [0.1, 0.15) is 19.4 Å². The van der Waals surface area contributed by atoms with Crippen molar-refractivity contribution in [3.63, 3.8) is 0 Å². The molecule has 1 aromatic rings. The zero-order chi connectivity index (χ0) is 11.8. The van der Waals surface area contributed by atoms with Gasteiger partial charge in [0, 0.05) is 0 Å². The van der Waals surface area contributed by atoms with E-state index in [1.54, 1.807) is 12.1 Å². The third-order valence-corrected chi connectivity index (χ3v) is 2.86. The standard InChI is InChI=1S/C12H15NO3/c1-12(2)10(13-11(15)16-12)7-8-3-5-9(14)6-4-8/h3-6,10,14H,7H2,1-2H3,(H,13,15). The van der Waals surface area contributed by atoms with Crippen LogP contribution in [-0.2, 0) is 11.2 Å². The lowest BCUT2D eigenvalue weighted by atomic mass is 9.93. The summed E-state index contributed by atoms with van der Waals surface area (Å²) in [5.74, 6) is 0.245. The summed E-state index contributed by atoms with van der Waals surface area (Å²) in [6.45, 7) is 3.77. The molecule has 1 aliphatic rings. The van der Waals surface area contributed by atoms with Gasteiger partial charge in [-0.15, -0.1) is 0 Å². The fourth-order valence-corrected chi connectivity index (χ4v) is 1.82. The number of carbonyl (C=O) groups excluding carboxylic acids is 1. The molecule has 1 aromatic carbocycles. The lowest BCUT2D eigenvalue weighted by Gasteiger charge is -2.23. The summed E-state index contributed by atoms with van der Waals surface area (Å²) >= 11 is 0. The van der Waals surface area contributed by atoms with Crippen LogP contribution in [0.3, 0.4) is 0 Å². The summed E-state index contributed by atoms with van der Waals surface area (Å²) in [5, 5.41) is 12.0. The zero-order valence-corrected chi connectivity index (χ0v) is 9.36. The van der Waals surface area contributed by atoms with E-state index in [2.05, 4.69) is 5.32 Å². The molecular formula is C12H15NO3. The minimum Gasteiger partial charge on any atom is -0.508 e. The molecule has 86 valence electrons. The first-order chi connectivity index (χ1) is 7.47. The molecule has 0 aliphatic carbocycles. The molecule has 1 unspecified atom stereocenters. The number of ether oxygens (including phenoxy) is 1. The van der Waals surface area contributed by atoms with Crippen LogP contribution in [0, 0.1) is 0 Å². The van der Waals surface area contributed by atoms with Crippen LogP contribution < -0.4 is 5.32 Å². The molecule has 0 aromatic heterocycles. The second-order valence-electron chi connectivity index (χ2n) is 4.56. The van der Waals surface area contributed by atoms with Gasteiger partial charge < -0.3 is 15.2 Å². The molecule has 16 heavy (non-hydrogen) atoms. The summed E-state index contributed by atoms with van der Waals surface area (Å²) in [6.07, 6.45) is 0.327. The Kier molecular flexibility index (Phi) is 2.50. The Balaban J connectivity index is 2.10. The fraction of sp³-hybridized carbons (Fsp3) is 0.417. The van der Waals surface area contributed by atoms with Gasteiger partial charge in [-0.2, -0.15) is 0 Å². The third kappa shape index (κ3) is 2.10. The molecule has 4 nitrogen and oxygen atoms in total. The Morgan fingerprint density at radius 1 is 1.38 bits per heavy atom. The van der Waals surface area contributed by atoms with E-state index in [9.17, 15) is 4.79 Å². The van der Waals surface area contributed by atoms with E-state index in [1.807, 2.05) is 26.0 Å². The molecule has 0 bridgehead atoms. The molecule has 1 saturated heterocycles. The van der Waals surface area contributed by atoms with Crippen LogP contribution in [0.2, 0.25) is 0 Å². The van der Waals surface area contributed by atoms with Crippen molar-refractivity contribution in [2.24, 2.45) is 0 Å². The SMILES string of the molecule is CC1(C)OC(=O)NC1Cc1ccc(O)cc1. The van der Waals surface area contributed by atoms with Crippen LogP contribution in [0.4, 0.5) is 4.79 Å². The number of phenolic OH excluding ortho intramolecular Hbond substituents is 1. The Morgan fingerprint density at radius 2 is 2.00 bits per heavy atom. The van der Waals surface area contributed by atoms with Crippen molar-refractivity contribution in [1.29, 1.82) is 0 Å². The minimum absolute atomic E-state index is 0.0375. The average molecular weight is 221 g/mol. The van der Waals surface area contributed by atoms with Gasteiger partial charge in [0.25, 0.3) is 0 Å². The normalized spacial score (nSPS) is 22.6. The van der Waals surface area contributed by atoms with Crippen molar-refractivity contribution in [1.82, 2.24) is 5.32 Å². The maximum atomic E-state index is 11.1. The maximum absolute atomic E-state index is 11.1. The molecular weight excluding hydrogens is 206 g/mol. The Morgan fingerprint density at radius 3 is 2.50 bits per heavy atom. The van der Waals surface area contributed by atoms with Gasteiger partial charge in [-0.05, 0) is 38.0 Å². The molecule has 0 radical (unpaired) electrons. The second-order valence-corrected chi connectivity index (χ2v) is 4.56. The van der Waals surface area contributed by atoms with E-state index in [-0.39, 0.29) is 17.9 Å². The van der Waals surface area contributed by atoms with Crippen molar-refractivity contribution in [2.45, 2.75) is 31.9 Å². The van der Waals surface area contributed by atoms with E-state index in [1.165, 1.54) is 0 Å². The third-order valence-electron chi connectivity index (χ3n) is 2.86. The Bertz CT molecular complexity index is 397. The number of cyclic esters (lactones) is 1. The highest BCUT2D eigenvalue weighted by Gasteiger charge is 2.40. The molecule has 1 amide bonds. The molecule has 0 spiro atoms. The first kappa shape index (κ1) is 10.8. The average Bonchev–Trinajstić information content (AvgIpc) is 2.43. The van der Waals surface area contributed by atoms with Crippen molar-refractivity contribution in [3.8, 4) is 5.75 Å². The van der Waals surface area contributed by atoms with E-state index < -0.39 is 5.60 Å². The molecule has 2 N–H and O–H groups in total. The number of phenols is 1. The molecule has 1 aliphatic heterocycles. The number of hydrogen-bond donors (Lipinski definition) is 2. The molecule has 1 atom stereocenters. The highest BCUT2D eigenvalue weighted by Crippen LogP contribution is 2.24. The number of carbonyl (C=O) groups is 1. The highest BCUT2D eigenvalue weighted by atomic mass is 16.6. The van der Waals surface area contributed by atoms with Crippen molar-refractivity contribution in [3.05, 3.63) is 29.8 Å². The number of rotatable bonds is 2. The van der Waals surface area contributed by atoms with Gasteiger partial charge in [0.1, 0.15) is 11.4 Å². The molecule has 2 rings (SSSR count). The summed E-state index contributed by atoms with van der Waals surface area (Å²) in [5.41, 5.74) is 0.566. The van der Waals surface area contributed by atoms with Gasteiger partial charge in [0.2, 0.25) is 0 Å². The molecule has 1 heterocycles. The second kappa shape index (κ2) is 3.70. The van der Waals surface area contributed by atoms with Crippen LogP contribution in [0.15, 0.2) is 24.3 Å². The largest absolute Gasteiger partial charge is 0.508 e. The number of nitrogens with one attached hydrogen (secondary N) is 1. The van der Waals surface area contributed by atoms with Crippen molar-refractivity contribution < 1.29 is 14.6 Å². The van der Waals surface area contributed by atoms with Gasteiger partial charge in [-0.3, -0.25) is 0 Å². The lowest BCUT2D eigenvalue weighted by molar-refractivity contribution is 0.0685. The molecule has 4 heteroatoms. The Labute approximate surface area is 94.2 Å². The highest BCUT2D eigenvalue weighted by molar-refractivity contribution is 5.71. The van der Waals surface area contributed by atoms with Crippen LogP contribution >= 0.6 is 0 Å². The smallest absolute Gasteiger partial charge is 0.408 e. The zero-order valence-electron chi connectivity index (χ0n) is 9.36. The molecule has 1 fully saturated rings. The lowest BCUT2D eigenvalue weighted by Crippen LogP contribution is -2.40. The topological polar surface area (TPSA) is 58.6 Å². The first-order valence-corrected chi connectivity index (χ1v) is 5.25. The quantitative estimate of drug-likeness (QED) is 0.800. The van der Waals surface area contributed by atoms with Crippen LogP contribution in [-0.4, -0.2) is 22.8 Å². The Hall–Kier alpha value is -1.71. The van der Waals surface area contributed by atoms with Gasteiger partial charge in [-0.25, -0.2) is 4.79 Å². The van der Waals surface area contributed by atoms with Crippen LogP contribution in [0.25, 0.3) is 0 Å². The predicted molar refractivity (Wildman–Crippen MR) is 59.3 cm³/mol. The van der Waals surface area contributed by atoms with Gasteiger partial charge in [-0.1, -0.05) is 12.1 Å². The monoisotopic (exact) mass is 221 g/mol. The number of benzene rings is 1. The van der Waals surface area contributed by atoms with Crippen molar-refractivity contribution >= 4 is 6.09 Å². The van der Waals surface area contributed by atoms with Crippen molar-refractivity contribution in [2.75, 3.05) is 0 Å². The van der Waals surface area contributed by atoms with Crippen LogP contribution in [0.5, 0.6) is 5.75 Å². The fourth-order valence-electron chi connectivity index (χ4n) is 1.82. The number of hydrogen-bond acceptors (Lipinski definition) is 3. The van der Waals surface area contributed by atoms with Gasteiger partial charge in [0.15, 0.2) is 0 Å². The van der Waals surface area contributed by atoms with Gasteiger partial charge >= 0.3 is 6.09 Å². The predicted octanol–water partition coefficient (Wildman–Crippen LogP) is 1.82. The summed E-state index contributed by atoms with van der Waals surface area (Å²) < 4.78 is 5.16. The first-order valence-electron chi connectivity index (χ1n) is 5.25. The number of aromatic hydroxyl groups is 1. The maximum Gasteiger partial charge on any atom is 0.408 e. The summed E-state index contributed by atoms with van der Waals surface area (Å²) in [6, 6.07) is 6.93. The van der Waals surface area contributed by atoms with E-state index in [0.717, 1.165) is 5.56 Å². The summed E-state index contributed by atoms with van der Waals surface area (Å²) in [7, 11) is 0. The van der Waals surface area contributed by atoms with E-state index >= 15 is 0 Å².